The molecule has 0 spiro atoms. The number of anilines is 1. The van der Waals surface area contributed by atoms with Gasteiger partial charge in [-0.05, 0) is 48.7 Å². The van der Waals surface area contributed by atoms with Gasteiger partial charge in [0.05, 0.1) is 16.6 Å². The molecule has 3 rings (SSSR count). The van der Waals surface area contributed by atoms with E-state index in [4.69, 9.17) is 16.9 Å². The van der Waals surface area contributed by atoms with Crippen LogP contribution >= 0.6 is 11.6 Å². The van der Waals surface area contributed by atoms with Crippen molar-refractivity contribution >= 4 is 34.8 Å². The summed E-state index contributed by atoms with van der Waals surface area (Å²) in [6, 6.07) is 12.5. The van der Waals surface area contributed by atoms with Crippen molar-refractivity contribution in [3.05, 3.63) is 68.7 Å². The van der Waals surface area contributed by atoms with Crippen LogP contribution in [0.5, 0.6) is 0 Å². The summed E-state index contributed by atoms with van der Waals surface area (Å²) in [7, 11) is 0. The third-order valence-electron chi connectivity index (χ3n) is 5.79. The van der Waals surface area contributed by atoms with Gasteiger partial charge in [0.25, 0.3) is 11.6 Å². The highest BCUT2D eigenvalue weighted by atomic mass is 35.5. The molecule has 1 unspecified atom stereocenters. The summed E-state index contributed by atoms with van der Waals surface area (Å²) in [5.74, 6) is -0.939. The molecule has 1 atom stereocenters. The number of nitrogens with one attached hydrogen (secondary N) is 1. The Kier molecular flexibility index (Phi) is 8.08. The van der Waals surface area contributed by atoms with Gasteiger partial charge in [-0.3, -0.25) is 19.7 Å². The standard InChI is InChI=1S/C24H26ClN5O4/c1-16(2)22(27-23(31)18-6-9-20(25)21(14-18)30(33)34)24(32)29-11-3-10-28(12-13-29)19-7-4-17(15-26)5-8-19/h4-9,14,16,22H,3,10-13H2,1-2H3,(H,27,31). The molecule has 10 heteroatoms. The molecule has 178 valence electrons. The number of halogens is 1. The first kappa shape index (κ1) is 25.0. The van der Waals surface area contributed by atoms with Gasteiger partial charge >= 0.3 is 0 Å². The van der Waals surface area contributed by atoms with Gasteiger partial charge in [-0.15, -0.1) is 0 Å². The molecule has 0 aromatic heterocycles. The molecular weight excluding hydrogens is 458 g/mol. The van der Waals surface area contributed by atoms with Crippen LogP contribution in [0.15, 0.2) is 42.5 Å². The molecule has 0 radical (unpaired) electrons. The minimum atomic E-state index is -0.774. The maximum absolute atomic E-state index is 13.3. The Balaban J connectivity index is 1.69. The first-order chi connectivity index (χ1) is 16.2. The molecule has 2 aromatic rings. The van der Waals surface area contributed by atoms with Crippen molar-refractivity contribution < 1.29 is 14.5 Å². The zero-order chi connectivity index (χ0) is 24.8. The summed E-state index contributed by atoms with van der Waals surface area (Å²) in [4.78, 5) is 40.6. The van der Waals surface area contributed by atoms with E-state index in [1.807, 2.05) is 26.0 Å². The molecular formula is C24H26ClN5O4. The average molecular weight is 484 g/mol. The van der Waals surface area contributed by atoms with Crippen LogP contribution in [0.1, 0.15) is 36.2 Å². The highest BCUT2D eigenvalue weighted by Gasteiger charge is 2.30. The van der Waals surface area contributed by atoms with Crippen molar-refractivity contribution in [1.82, 2.24) is 10.2 Å². The molecule has 0 bridgehead atoms. The Morgan fingerprint density at radius 2 is 1.82 bits per heavy atom. The van der Waals surface area contributed by atoms with Crippen molar-refractivity contribution in [2.45, 2.75) is 26.3 Å². The number of nitriles is 1. The Bertz CT molecular complexity index is 1110. The quantitative estimate of drug-likeness (QED) is 0.495. The molecule has 1 aliphatic heterocycles. The predicted octanol–water partition coefficient (Wildman–Crippen LogP) is 3.61. The zero-order valence-electron chi connectivity index (χ0n) is 19.0. The van der Waals surface area contributed by atoms with Crippen LogP contribution < -0.4 is 10.2 Å². The summed E-state index contributed by atoms with van der Waals surface area (Å²) >= 11 is 5.84. The number of nitro benzene ring substituents is 1. The van der Waals surface area contributed by atoms with Crippen molar-refractivity contribution in [3.63, 3.8) is 0 Å². The Morgan fingerprint density at radius 1 is 1.12 bits per heavy atom. The van der Waals surface area contributed by atoms with E-state index < -0.39 is 16.9 Å². The fraction of sp³-hybridized carbons (Fsp3) is 0.375. The molecule has 2 aromatic carbocycles. The van der Waals surface area contributed by atoms with E-state index in [-0.39, 0.29) is 28.1 Å². The van der Waals surface area contributed by atoms with Crippen LogP contribution in [0.2, 0.25) is 5.02 Å². The van der Waals surface area contributed by atoms with Crippen LogP contribution in [-0.4, -0.2) is 53.9 Å². The highest BCUT2D eigenvalue weighted by Crippen LogP contribution is 2.25. The summed E-state index contributed by atoms with van der Waals surface area (Å²) in [5, 5.41) is 22.8. The largest absolute Gasteiger partial charge is 0.370 e. The van der Waals surface area contributed by atoms with E-state index in [2.05, 4.69) is 16.3 Å². The average Bonchev–Trinajstić information content (AvgIpc) is 3.08. The molecule has 0 saturated carbocycles. The number of amides is 2. The maximum atomic E-state index is 13.3. The Labute approximate surface area is 203 Å². The minimum Gasteiger partial charge on any atom is -0.370 e. The molecule has 9 nitrogen and oxygen atoms in total. The number of hydrogen-bond donors (Lipinski definition) is 1. The zero-order valence-corrected chi connectivity index (χ0v) is 19.8. The lowest BCUT2D eigenvalue weighted by Crippen LogP contribution is -2.52. The number of benzene rings is 2. The summed E-state index contributed by atoms with van der Waals surface area (Å²) in [5.41, 5.74) is 1.29. The lowest BCUT2D eigenvalue weighted by Gasteiger charge is -2.29. The second-order valence-corrected chi connectivity index (χ2v) is 8.85. The van der Waals surface area contributed by atoms with Crippen molar-refractivity contribution in [2.75, 3.05) is 31.1 Å². The van der Waals surface area contributed by atoms with E-state index in [0.29, 0.717) is 25.2 Å². The van der Waals surface area contributed by atoms with Crippen LogP contribution in [0.3, 0.4) is 0 Å². The molecule has 1 heterocycles. The summed E-state index contributed by atoms with van der Waals surface area (Å²) in [6.45, 7) is 6.12. The third kappa shape index (κ3) is 5.83. The normalized spacial score (nSPS) is 14.8. The Morgan fingerprint density at radius 3 is 2.44 bits per heavy atom. The van der Waals surface area contributed by atoms with Crippen LogP contribution in [0.4, 0.5) is 11.4 Å². The smallest absolute Gasteiger partial charge is 0.288 e. The van der Waals surface area contributed by atoms with E-state index in [1.165, 1.54) is 12.1 Å². The fourth-order valence-corrected chi connectivity index (χ4v) is 4.06. The third-order valence-corrected chi connectivity index (χ3v) is 6.11. The first-order valence-electron chi connectivity index (χ1n) is 11.0. The summed E-state index contributed by atoms with van der Waals surface area (Å²) in [6.07, 6.45) is 0.758. The van der Waals surface area contributed by atoms with Crippen molar-refractivity contribution in [1.29, 1.82) is 5.26 Å². The highest BCUT2D eigenvalue weighted by molar-refractivity contribution is 6.32. The SMILES string of the molecule is CC(C)C(NC(=O)c1ccc(Cl)c([N+](=O)[O-])c1)C(=O)N1CCCN(c2ccc(C#N)cc2)CC1. The fourth-order valence-electron chi connectivity index (χ4n) is 3.87. The molecule has 0 aliphatic carbocycles. The molecule has 1 aliphatic rings. The Hall–Kier alpha value is -3.64. The van der Waals surface area contributed by atoms with Gasteiger partial charge in [0.15, 0.2) is 0 Å². The molecule has 1 N–H and O–H groups in total. The number of hydrogen-bond acceptors (Lipinski definition) is 6. The number of nitro groups is 1. The molecule has 34 heavy (non-hydrogen) atoms. The van der Waals surface area contributed by atoms with E-state index in [9.17, 15) is 19.7 Å². The lowest BCUT2D eigenvalue weighted by atomic mass is 10.0. The van der Waals surface area contributed by atoms with Gasteiger partial charge in [-0.25, -0.2) is 0 Å². The lowest BCUT2D eigenvalue weighted by molar-refractivity contribution is -0.384. The van der Waals surface area contributed by atoms with Crippen molar-refractivity contribution in [3.8, 4) is 6.07 Å². The maximum Gasteiger partial charge on any atom is 0.288 e. The minimum absolute atomic E-state index is 0.0607. The van der Waals surface area contributed by atoms with Gasteiger partial charge in [-0.2, -0.15) is 5.26 Å². The van der Waals surface area contributed by atoms with Gasteiger partial charge in [-0.1, -0.05) is 25.4 Å². The van der Waals surface area contributed by atoms with Crippen LogP contribution in [-0.2, 0) is 4.79 Å². The van der Waals surface area contributed by atoms with Crippen LogP contribution in [0, 0.1) is 27.4 Å². The topological polar surface area (TPSA) is 120 Å². The van der Waals surface area contributed by atoms with Gasteiger partial charge in [0.2, 0.25) is 5.91 Å². The number of carbonyl (C=O) groups is 2. The number of rotatable bonds is 6. The van der Waals surface area contributed by atoms with Crippen LogP contribution in [0.25, 0.3) is 0 Å². The van der Waals surface area contributed by atoms with Gasteiger partial charge < -0.3 is 15.1 Å². The first-order valence-corrected chi connectivity index (χ1v) is 11.4. The second kappa shape index (κ2) is 11.0. The van der Waals surface area contributed by atoms with E-state index in [0.717, 1.165) is 24.7 Å². The number of nitrogens with zero attached hydrogens (tertiary/aromatic N) is 4. The number of carbonyl (C=O) groups excluding carboxylic acids is 2. The van der Waals surface area contributed by atoms with Gasteiger partial charge in [0, 0.05) is 43.5 Å². The summed E-state index contributed by atoms with van der Waals surface area (Å²) < 4.78 is 0. The van der Waals surface area contributed by atoms with Crippen molar-refractivity contribution in [2.24, 2.45) is 5.92 Å². The molecule has 1 saturated heterocycles. The van der Waals surface area contributed by atoms with E-state index in [1.54, 1.807) is 17.0 Å². The molecule has 1 fully saturated rings. The molecule has 2 amide bonds. The second-order valence-electron chi connectivity index (χ2n) is 8.44. The van der Waals surface area contributed by atoms with E-state index >= 15 is 0 Å². The monoisotopic (exact) mass is 483 g/mol. The van der Waals surface area contributed by atoms with Gasteiger partial charge in [0.1, 0.15) is 11.1 Å². The predicted molar refractivity (Wildman–Crippen MR) is 129 cm³/mol.